The lowest BCUT2D eigenvalue weighted by Crippen LogP contribution is -2.59. The minimum absolute atomic E-state index is 0.120. The zero-order chi connectivity index (χ0) is 19.9. The number of rotatable bonds is 6. The smallest absolute Gasteiger partial charge is 0.167 e. The Balaban J connectivity index is 1.47. The maximum atomic E-state index is 13.8. The molecule has 4 aliphatic carbocycles. The van der Waals surface area contributed by atoms with Crippen molar-refractivity contribution in [2.24, 2.45) is 34.5 Å². The van der Waals surface area contributed by atoms with E-state index in [1.807, 2.05) is 0 Å². The molecule has 3 nitrogen and oxygen atoms in total. The van der Waals surface area contributed by atoms with Crippen molar-refractivity contribution >= 4 is 5.78 Å². The average molecular weight is 390 g/mol. The Morgan fingerprint density at radius 3 is 2.46 bits per heavy atom. The molecule has 4 fully saturated rings. The second-order valence-corrected chi connectivity index (χ2v) is 10.8. The SMILES string of the molecule is CCN(CC)CCOC1CCC2CC[C@@H]3[C@@H](CC[C@]4(C)CCC[C@@H]34)[C@@]2(C)C1=O. The van der Waals surface area contributed by atoms with E-state index in [0.717, 1.165) is 37.9 Å². The van der Waals surface area contributed by atoms with Crippen molar-refractivity contribution in [3.63, 3.8) is 0 Å². The van der Waals surface area contributed by atoms with Crippen molar-refractivity contribution in [3.05, 3.63) is 0 Å². The highest BCUT2D eigenvalue weighted by Crippen LogP contribution is 2.65. The molecule has 0 N–H and O–H groups in total. The van der Waals surface area contributed by atoms with Gasteiger partial charge < -0.3 is 9.64 Å². The van der Waals surface area contributed by atoms with E-state index in [1.54, 1.807) is 0 Å². The molecule has 0 heterocycles. The Morgan fingerprint density at radius 2 is 1.71 bits per heavy atom. The summed E-state index contributed by atoms with van der Waals surface area (Å²) in [5, 5.41) is 0. The summed E-state index contributed by atoms with van der Waals surface area (Å²) in [5.41, 5.74) is 0.451. The molecule has 28 heavy (non-hydrogen) atoms. The molecule has 0 aromatic rings. The standard InChI is InChI=1S/C25H43NO2/c1-5-26(6-2)16-17-28-22-12-10-18-9-11-19-20-8-7-14-24(20,3)15-13-21(19)25(18,4)23(22)27/h18-22H,5-17H2,1-4H3/t18?,19-,20-,21+,22?,24-,25-/m0/s1. The normalized spacial score (nSPS) is 45.6. The van der Waals surface area contributed by atoms with E-state index >= 15 is 0 Å². The average Bonchev–Trinajstić information content (AvgIpc) is 3.09. The number of fused-ring (bicyclic) bond motifs is 5. The molecule has 4 rings (SSSR count). The highest BCUT2D eigenvalue weighted by Gasteiger charge is 2.61. The minimum Gasteiger partial charge on any atom is -0.369 e. The van der Waals surface area contributed by atoms with Gasteiger partial charge in [0.15, 0.2) is 5.78 Å². The van der Waals surface area contributed by atoms with E-state index in [1.165, 1.54) is 51.4 Å². The van der Waals surface area contributed by atoms with Gasteiger partial charge in [0.1, 0.15) is 6.10 Å². The van der Waals surface area contributed by atoms with E-state index in [-0.39, 0.29) is 11.5 Å². The molecule has 0 saturated heterocycles. The Bertz CT molecular complexity index is 573. The molecule has 0 aromatic heterocycles. The number of ether oxygens (including phenoxy) is 1. The zero-order valence-electron chi connectivity index (χ0n) is 18.8. The molecular formula is C25H43NO2. The summed E-state index contributed by atoms with van der Waals surface area (Å²) in [4.78, 5) is 16.2. The molecule has 0 amide bonds. The number of hydrogen-bond donors (Lipinski definition) is 0. The van der Waals surface area contributed by atoms with Crippen molar-refractivity contribution in [1.29, 1.82) is 0 Å². The highest BCUT2D eigenvalue weighted by molar-refractivity contribution is 5.90. The van der Waals surface area contributed by atoms with Gasteiger partial charge in [0, 0.05) is 12.0 Å². The largest absolute Gasteiger partial charge is 0.369 e. The van der Waals surface area contributed by atoms with Crippen molar-refractivity contribution in [2.45, 2.75) is 91.6 Å². The van der Waals surface area contributed by atoms with Crippen LogP contribution in [-0.4, -0.2) is 43.0 Å². The fourth-order valence-corrected chi connectivity index (χ4v) is 8.11. The second-order valence-electron chi connectivity index (χ2n) is 10.8. The van der Waals surface area contributed by atoms with Crippen molar-refractivity contribution in [1.82, 2.24) is 4.90 Å². The highest BCUT2D eigenvalue weighted by atomic mass is 16.5. The fourth-order valence-electron chi connectivity index (χ4n) is 8.11. The Hall–Kier alpha value is -0.410. The van der Waals surface area contributed by atoms with Gasteiger partial charge in [-0.1, -0.05) is 34.1 Å². The van der Waals surface area contributed by atoms with Crippen molar-refractivity contribution in [3.8, 4) is 0 Å². The quantitative estimate of drug-likeness (QED) is 0.615. The Labute approximate surface area is 173 Å². The van der Waals surface area contributed by atoms with E-state index < -0.39 is 0 Å². The molecule has 7 atom stereocenters. The van der Waals surface area contributed by atoms with Gasteiger partial charge in [-0.25, -0.2) is 0 Å². The molecule has 4 aliphatic rings. The summed E-state index contributed by atoms with van der Waals surface area (Å²) in [6.07, 6.45) is 11.5. The molecule has 4 saturated carbocycles. The predicted molar refractivity (Wildman–Crippen MR) is 114 cm³/mol. The third-order valence-electron chi connectivity index (χ3n) is 9.91. The zero-order valence-corrected chi connectivity index (χ0v) is 18.8. The number of likely N-dealkylation sites (N-methyl/N-ethyl adjacent to an activating group) is 1. The first-order chi connectivity index (χ1) is 13.4. The molecule has 0 spiro atoms. The lowest BCUT2D eigenvalue weighted by atomic mass is 9.45. The van der Waals surface area contributed by atoms with Gasteiger partial charge in [0.2, 0.25) is 0 Å². The monoisotopic (exact) mass is 389 g/mol. The van der Waals surface area contributed by atoms with E-state index in [9.17, 15) is 4.79 Å². The number of hydrogen-bond acceptors (Lipinski definition) is 3. The molecule has 0 aromatic carbocycles. The lowest BCUT2D eigenvalue weighted by molar-refractivity contribution is -0.170. The van der Waals surface area contributed by atoms with Crippen LogP contribution >= 0.6 is 0 Å². The van der Waals surface area contributed by atoms with Crippen LogP contribution in [0.2, 0.25) is 0 Å². The van der Waals surface area contributed by atoms with Crippen LogP contribution in [0.3, 0.4) is 0 Å². The summed E-state index contributed by atoms with van der Waals surface area (Å²) < 4.78 is 6.24. The first-order valence-electron chi connectivity index (χ1n) is 12.3. The minimum atomic E-state index is -0.146. The molecule has 0 aliphatic heterocycles. The van der Waals surface area contributed by atoms with Gasteiger partial charge in [0.25, 0.3) is 0 Å². The number of carbonyl (C=O) groups excluding carboxylic acids is 1. The number of ketones is 1. The van der Waals surface area contributed by atoms with Crippen molar-refractivity contribution in [2.75, 3.05) is 26.2 Å². The topological polar surface area (TPSA) is 29.5 Å². The van der Waals surface area contributed by atoms with Crippen LogP contribution in [0.15, 0.2) is 0 Å². The Kier molecular flexibility index (Phi) is 5.97. The summed E-state index contributed by atoms with van der Waals surface area (Å²) in [6.45, 7) is 13.1. The van der Waals surface area contributed by atoms with Crippen LogP contribution in [0.25, 0.3) is 0 Å². The van der Waals surface area contributed by atoms with Crippen LogP contribution in [0.5, 0.6) is 0 Å². The van der Waals surface area contributed by atoms with E-state index in [4.69, 9.17) is 4.74 Å². The van der Waals surface area contributed by atoms with Gasteiger partial charge in [0.05, 0.1) is 6.61 Å². The van der Waals surface area contributed by atoms with Crippen LogP contribution in [0.1, 0.15) is 85.5 Å². The number of carbonyl (C=O) groups is 1. The van der Waals surface area contributed by atoms with Crippen LogP contribution < -0.4 is 0 Å². The van der Waals surface area contributed by atoms with Crippen LogP contribution in [0.4, 0.5) is 0 Å². The van der Waals surface area contributed by atoms with Crippen molar-refractivity contribution < 1.29 is 9.53 Å². The van der Waals surface area contributed by atoms with Crippen LogP contribution in [0, 0.1) is 34.5 Å². The molecular weight excluding hydrogens is 346 g/mol. The van der Waals surface area contributed by atoms with Crippen LogP contribution in [-0.2, 0) is 9.53 Å². The van der Waals surface area contributed by atoms with Gasteiger partial charge in [-0.15, -0.1) is 0 Å². The third kappa shape index (κ3) is 3.29. The predicted octanol–water partition coefficient (Wildman–Crippen LogP) is 5.33. The molecule has 0 radical (unpaired) electrons. The summed E-state index contributed by atoms with van der Waals surface area (Å²) in [7, 11) is 0. The molecule has 160 valence electrons. The summed E-state index contributed by atoms with van der Waals surface area (Å²) in [5.74, 6) is 3.36. The number of nitrogens with zero attached hydrogens (tertiary/aromatic N) is 1. The van der Waals surface area contributed by atoms with E-state index in [2.05, 4.69) is 32.6 Å². The van der Waals surface area contributed by atoms with Gasteiger partial charge in [-0.3, -0.25) is 4.79 Å². The third-order valence-corrected chi connectivity index (χ3v) is 9.91. The molecule has 2 unspecified atom stereocenters. The molecule has 0 bridgehead atoms. The number of Topliss-reactive ketones (excluding diaryl/α,β-unsaturated/α-hetero) is 1. The molecule has 3 heteroatoms. The lowest BCUT2D eigenvalue weighted by Gasteiger charge is -2.59. The fraction of sp³-hybridized carbons (Fsp3) is 0.960. The summed E-state index contributed by atoms with van der Waals surface area (Å²) >= 11 is 0. The first-order valence-corrected chi connectivity index (χ1v) is 12.3. The first kappa shape index (κ1) is 20.8. The maximum Gasteiger partial charge on any atom is 0.167 e. The van der Waals surface area contributed by atoms with E-state index in [0.29, 0.717) is 29.6 Å². The maximum absolute atomic E-state index is 13.8. The summed E-state index contributed by atoms with van der Waals surface area (Å²) in [6, 6.07) is 0. The Morgan fingerprint density at radius 1 is 0.964 bits per heavy atom. The van der Waals surface area contributed by atoms with Gasteiger partial charge >= 0.3 is 0 Å². The van der Waals surface area contributed by atoms with Gasteiger partial charge in [-0.05, 0) is 93.5 Å². The second kappa shape index (κ2) is 8.02. The van der Waals surface area contributed by atoms with Gasteiger partial charge in [-0.2, -0.15) is 0 Å².